The second-order valence-electron chi connectivity index (χ2n) is 11.2. The fourth-order valence-corrected chi connectivity index (χ4v) is 4.57. The quantitative estimate of drug-likeness (QED) is 0.107. The summed E-state index contributed by atoms with van der Waals surface area (Å²) < 4.78 is 40.4. The van der Waals surface area contributed by atoms with E-state index in [1.165, 1.54) is 44.2 Å². The Morgan fingerprint density at radius 2 is 1.63 bits per heavy atom. The molecule has 1 fully saturated rings. The highest BCUT2D eigenvalue weighted by Gasteiger charge is 2.31. The lowest BCUT2D eigenvalue weighted by molar-refractivity contribution is -0.274. The molecule has 0 saturated heterocycles. The lowest BCUT2D eigenvalue weighted by Gasteiger charge is -2.16. The second kappa shape index (κ2) is 17.2. The van der Waals surface area contributed by atoms with Crippen LogP contribution < -0.4 is 37.8 Å². The van der Waals surface area contributed by atoms with Gasteiger partial charge in [-0.1, -0.05) is 65.9 Å². The molecule has 2 aliphatic rings. The fraction of sp³-hybridized carbons (Fsp3) is 0.500. The van der Waals surface area contributed by atoms with Crippen LogP contribution in [-0.2, 0) is 6.42 Å². The molecule has 43 heavy (non-hydrogen) atoms. The first-order valence-electron chi connectivity index (χ1n) is 14.4. The number of ether oxygens (including phenoxy) is 1. The van der Waals surface area contributed by atoms with Crippen LogP contribution in [0.3, 0.4) is 0 Å². The molecule has 4 rings (SSSR count). The molecule has 0 aliphatic heterocycles. The third-order valence-electron chi connectivity index (χ3n) is 6.53. The van der Waals surface area contributed by atoms with Gasteiger partial charge in [0.1, 0.15) is 5.75 Å². The number of guanidine groups is 1. The first kappa shape index (κ1) is 35.2. The summed E-state index contributed by atoms with van der Waals surface area (Å²) in [5.74, 6) is 11.2. The standard InChI is InChI=1S/C19H20F3N7O3.C7H14.C4H10/c20-19(21,22)32-13-5-3-12(4-6-13)25-18(31)26-15-8-2-10-9-11(1-7-14(10)15)16(30)27-17(28-23)29-24;1-7-5-3-2-4-6-7;1-4(2)3/h1,3-7,9,15H,2,8,23-24H2,(H2,25,26,31)(H2,27,28,29,30);7H,2-6H2,1H3;4H,1-3H3. The van der Waals surface area contributed by atoms with Crippen molar-refractivity contribution in [3.8, 4) is 5.75 Å². The Bertz CT molecular complexity index is 1200. The van der Waals surface area contributed by atoms with Crippen LogP contribution in [0.25, 0.3) is 0 Å². The van der Waals surface area contributed by atoms with Gasteiger partial charge < -0.3 is 21.2 Å². The average Bonchev–Trinajstić information content (AvgIpc) is 3.34. The van der Waals surface area contributed by atoms with Crippen molar-refractivity contribution in [3.05, 3.63) is 59.2 Å². The van der Waals surface area contributed by atoms with Crippen LogP contribution >= 0.6 is 0 Å². The van der Waals surface area contributed by atoms with E-state index in [1.54, 1.807) is 18.2 Å². The summed E-state index contributed by atoms with van der Waals surface area (Å²) >= 11 is 0. The largest absolute Gasteiger partial charge is 0.573 e. The zero-order valence-corrected chi connectivity index (χ0v) is 25.2. The number of rotatable bonds is 4. The number of anilines is 1. The van der Waals surface area contributed by atoms with Crippen molar-refractivity contribution in [1.29, 1.82) is 0 Å². The molecular weight excluding hydrogens is 563 g/mol. The molecule has 2 aromatic rings. The number of nitrogens with one attached hydrogen (secondary N) is 4. The van der Waals surface area contributed by atoms with Gasteiger partial charge in [-0.3, -0.25) is 15.5 Å². The van der Waals surface area contributed by atoms with Gasteiger partial charge in [-0.15, -0.1) is 18.3 Å². The number of carbonyl (C=O) groups excluding carboxylic acids is 2. The van der Waals surface area contributed by atoms with Crippen molar-refractivity contribution in [3.63, 3.8) is 0 Å². The number of alkyl halides is 3. The van der Waals surface area contributed by atoms with E-state index in [0.29, 0.717) is 24.1 Å². The molecule has 10 nitrogen and oxygen atoms in total. The minimum Gasteiger partial charge on any atom is -0.406 e. The minimum atomic E-state index is -4.79. The van der Waals surface area contributed by atoms with Gasteiger partial charge in [-0.25, -0.2) is 10.6 Å². The lowest BCUT2D eigenvalue weighted by atomic mass is 9.91. The Kier molecular flexibility index (Phi) is 14.1. The number of hydrazine groups is 1. The van der Waals surface area contributed by atoms with Crippen molar-refractivity contribution < 1.29 is 27.5 Å². The predicted octanol–water partition coefficient (Wildman–Crippen LogP) is 6.07. The zero-order valence-electron chi connectivity index (χ0n) is 25.2. The number of aryl methyl sites for hydroxylation is 1. The Labute approximate surface area is 251 Å². The summed E-state index contributed by atoms with van der Waals surface area (Å²) in [4.78, 5) is 24.6. The van der Waals surface area contributed by atoms with Gasteiger partial charge in [0.15, 0.2) is 0 Å². The number of hydrazone groups is 1. The fourth-order valence-electron chi connectivity index (χ4n) is 4.57. The molecule has 0 spiro atoms. The number of amides is 3. The number of hydrogen-bond acceptors (Lipinski definition) is 6. The first-order valence-corrected chi connectivity index (χ1v) is 14.4. The molecule has 0 aromatic heterocycles. The Morgan fingerprint density at radius 3 is 2.14 bits per heavy atom. The second-order valence-corrected chi connectivity index (χ2v) is 11.2. The molecule has 2 aromatic carbocycles. The van der Waals surface area contributed by atoms with Crippen molar-refractivity contribution in [2.24, 2.45) is 28.6 Å². The van der Waals surface area contributed by atoms with Gasteiger partial charge in [-0.05, 0) is 72.2 Å². The number of carbonyl (C=O) groups is 2. The number of benzene rings is 2. The molecule has 13 heteroatoms. The zero-order chi connectivity index (χ0) is 32.0. The van der Waals surface area contributed by atoms with Crippen molar-refractivity contribution >= 4 is 23.6 Å². The monoisotopic (exact) mass is 607 g/mol. The molecule has 1 atom stereocenters. The Balaban J connectivity index is 0.000000493. The molecule has 3 amide bonds. The number of urea groups is 1. The first-order chi connectivity index (χ1) is 20.3. The maximum atomic E-state index is 12.3. The number of halogens is 3. The predicted molar refractivity (Wildman–Crippen MR) is 162 cm³/mol. The lowest BCUT2D eigenvalue weighted by Crippen LogP contribution is -2.45. The Morgan fingerprint density at radius 1 is 1.00 bits per heavy atom. The van der Waals surface area contributed by atoms with Gasteiger partial charge in [-0.2, -0.15) is 0 Å². The molecule has 238 valence electrons. The van der Waals surface area contributed by atoms with Crippen LogP contribution in [0.2, 0.25) is 0 Å². The van der Waals surface area contributed by atoms with Gasteiger partial charge in [0.05, 0.1) is 6.04 Å². The van der Waals surface area contributed by atoms with Crippen LogP contribution in [0.1, 0.15) is 93.7 Å². The number of nitrogens with zero attached hydrogens (tertiary/aromatic N) is 1. The topological polar surface area (TPSA) is 156 Å². The van der Waals surface area contributed by atoms with Gasteiger partial charge >= 0.3 is 12.4 Å². The molecule has 8 N–H and O–H groups in total. The average molecular weight is 608 g/mol. The van der Waals surface area contributed by atoms with Crippen LogP contribution in [0, 0.1) is 11.8 Å². The van der Waals surface area contributed by atoms with E-state index in [1.807, 2.05) is 0 Å². The van der Waals surface area contributed by atoms with Crippen LogP contribution in [0.4, 0.5) is 23.7 Å². The minimum absolute atomic E-state index is 0.0929. The van der Waals surface area contributed by atoms with Crippen molar-refractivity contribution in [2.75, 3.05) is 5.32 Å². The number of nitrogens with two attached hydrogens (primary N) is 2. The van der Waals surface area contributed by atoms with Crippen LogP contribution in [0.15, 0.2) is 47.6 Å². The van der Waals surface area contributed by atoms with E-state index in [9.17, 15) is 22.8 Å². The highest BCUT2D eigenvalue weighted by atomic mass is 19.4. The van der Waals surface area contributed by atoms with E-state index >= 15 is 0 Å². The van der Waals surface area contributed by atoms with Gasteiger partial charge in [0.25, 0.3) is 5.91 Å². The summed E-state index contributed by atoms with van der Waals surface area (Å²) in [5.41, 5.74) is 4.56. The highest BCUT2D eigenvalue weighted by Crippen LogP contribution is 2.32. The molecule has 1 saturated carbocycles. The van der Waals surface area contributed by atoms with Gasteiger partial charge in [0.2, 0.25) is 5.96 Å². The normalized spacial score (nSPS) is 16.5. The van der Waals surface area contributed by atoms with E-state index in [2.05, 4.69) is 58.9 Å². The smallest absolute Gasteiger partial charge is 0.406 e. The summed E-state index contributed by atoms with van der Waals surface area (Å²) in [6.07, 6.45) is 3.90. The molecule has 2 aliphatic carbocycles. The van der Waals surface area contributed by atoms with E-state index in [4.69, 9.17) is 11.7 Å². The SMILES string of the molecule is CC(C)C.CC1CCCCC1.N/N=C(\NN)NC(=O)c1ccc2c(c1)CCC2NC(=O)Nc1ccc(OC(F)(F)F)cc1. The molecule has 0 radical (unpaired) electrons. The van der Waals surface area contributed by atoms with E-state index in [0.717, 1.165) is 35.1 Å². The number of fused-ring (bicyclic) bond motifs is 1. The van der Waals surface area contributed by atoms with E-state index in [-0.39, 0.29) is 17.8 Å². The third-order valence-corrected chi connectivity index (χ3v) is 6.53. The van der Waals surface area contributed by atoms with Gasteiger partial charge in [0, 0.05) is 11.3 Å². The van der Waals surface area contributed by atoms with Crippen molar-refractivity contribution in [1.82, 2.24) is 16.1 Å². The molecule has 1 unspecified atom stereocenters. The molecular formula is C30H44F3N7O3. The maximum absolute atomic E-state index is 12.3. The summed E-state index contributed by atoms with van der Waals surface area (Å²) in [5, 5.41) is 11.1. The summed E-state index contributed by atoms with van der Waals surface area (Å²) in [6, 6.07) is 9.01. The maximum Gasteiger partial charge on any atom is 0.573 e. The van der Waals surface area contributed by atoms with E-state index < -0.39 is 18.3 Å². The van der Waals surface area contributed by atoms with Crippen LogP contribution in [-0.4, -0.2) is 24.3 Å². The molecule has 0 bridgehead atoms. The number of hydrogen-bond donors (Lipinski definition) is 6. The Hall–Kier alpha value is -4.00. The molecule has 0 heterocycles. The van der Waals surface area contributed by atoms with Crippen LogP contribution in [0.5, 0.6) is 5.75 Å². The summed E-state index contributed by atoms with van der Waals surface area (Å²) in [7, 11) is 0. The summed E-state index contributed by atoms with van der Waals surface area (Å²) in [6.45, 7) is 8.86. The highest BCUT2D eigenvalue weighted by molar-refractivity contribution is 6.05. The van der Waals surface area contributed by atoms with Crippen molar-refractivity contribution in [2.45, 2.75) is 85.0 Å². The third kappa shape index (κ3) is 13.2.